The monoisotopic (exact) mass is 633 g/mol. The Bertz CT molecular complexity index is 1140. The van der Waals surface area contributed by atoms with Gasteiger partial charge in [0.2, 0.25) is 0 Å². The van der Waals surface area contributed by atoms with Crippen molar-refractivity contribution in [3.8, 4) is 0 Å². The van der Waals surface area contributed by atoms with E-state index < -0.39 is 48.2 Å². The van der Waals surface area contributed by atoms with Crippen molar-refractivity contribution in [2.45, 2.75) is 82.2 Å². The molecule has 7 nitrogen and oxygen atoms in total. The number of amides is 1. The van der Waals surface area contributed by atoms with Crippen LogP contribution < -0.4 is 5.32 Å². The lowest BCUT2D eigenvalue weighted by Crippen LogP contribution is -2.50. The molecule has 3 fully saturated rings. The van der Waals surface area contributed by atoms with Crippen molar-refractivity contribution in [2.75, 3.05) is 31.5 Å². The smallest absolute Gasteiger partial charge is 0.434 e. The van der Waals surface area contributed by atoms with Crippen LogP contribution in [-0.2, 0) is 22.3 Å². The van der Waals surface area contributed by atoms with Gasteiger partial charge in [-0.25, -0.2) is 4.79 Å². The summed E-state index contributed by atoms with van der Waals surface area (Å²) in [5.41, 5.74) is -0.278. The zero-order valence-electron chi connectivity index (χ0n) is 22.9. The van der Waals surface area contributed by atoms with Crippen LogP contribution in [-0.4, -0.2) is 77.6 Å². The van der Waals surface area contributed by atoms with Gasteiger partial charge in [-0.3, -0.25) is 9.69 Å². The largest absolute Gasteiger partial charge is 0.481 e. The third-order valence-electron chi connectivity index (χ3n) is 8.68. The number of nitrogens with zero attached hydrogens (tertiary/aromatic N) is 2. The normalized spacial score (nSPS) is 23.5. The molecule has 0 atom stereocenters. The zero-order valence-corrected chi connectivity index (χ0v) is 22.9. The molecule has 16 heteroatoms. The number of hydrogen-bond donors (Lipinski definition) is 2. The van der Waals surface area contributed by atoms with E-state index in [0.29, 0.717) is 69.3 Å². The van der Waals surface area contributed by atoms with Gasteiger partial charge in [0, 0.05) is 37.9 Å². The molecule has 1 aromatic rings. The molecule has 4 rings (SSSR count). The van der Waals surface area contributed by atoms with Crippen molar-refractivity contribution >= 4 is 17.7 Å². The van der Waals surface area contributed by atoms with Crippen molar-refractivity contribution in [1.29, 1.82) is 0 Å². The average Bonchev–Trinajstić information content (AvgIpc) is 3.28. The maximum Gasteiger partial charge on any atom is 0.434 e. The summed E-state index contributed by atoms with van der Waals surface area (Å²) in [4.78, 5) is 26.2. The Morgan fingerprint density at radius 3 is 2.05 bits per heavy atom. The molecule has 0 unspecified atom stereocenters. The van der Waals surface area contributed by atoms with Crippen molar-refractivity contribution in [3.05, 3.63) is 29.3 Å². The van der Waals surface area contributed by atoms with E-state index in [1.54, 1.807) is 0 Å². The van der Waals surface area contributed by atoms with E-state index in [-0.39, 0.29) is 31.1 Å². The highest BCUT2D eigenvalue weighted by molar-refractivity contribution is 5.70. The number of anilines is 1. The number of hydrogen-bond acceptors (Lipinski definition) is 5. The van der Waals surface area contributed by atoms with Gasteiger partial charge in [-0.15, -0.1) is 0 Å². The summed E-state index contributed by atoms with van der Waals surface area (Å²) in [6.07, 6.45) is -19.0. The Hall–Kier alpha value is -2.91. The number of alkyl halides is 9. The molecule has 1 saturated carbocycles. The molecule has 1 aliphatic carbocycles. The van der Waals surface area contributed by atoms with Crippen molar-refractivity contribution in [1.82, 2.24) is 9.80 Å². The Morgan fingerprint density at radius 1 is 0.930 bits per heavy atom. The summed E-state index contributed by atoms with van der Waals surface area (Å²) in [7, 11) is 0. The molecule has 3 aliphatic rings. The number of aliphatic carboxylic acids is 1. The second kappa shape index (κ2) is 12.2. The van der Waals surface area contributed by atoms with Crippen molar-refractivity contribution in [3.63, 3.8) is 0 Å². The molecule has 0 bridgehead atoms. The molecule has 1 spiro atoms. The number of benzene rings is 1. The number of halogens is 9. The van der Waals surface area contributed by atoms with E-state index in [1.165, 1.54) is 6.07 Å². The first kappa shape index (κ1) is 33.0. The number of carboxylic acids is 1. The summed E-state index contributed by atoms with van der Waals surface area (Å²) >= 11 is 0. The summed E-state index contributed by atoms with van der Waals surface area (Å²) in [6.45, 7) is 1.13. The van der Waals surface area contributed by atoms with Gasteiger partial charge < -0.3 is 20.1 Å². The molecule has 2 saturated heterocycles. The van der Waals surface area contributed by atoms with E-state index in [4.69, 9.17) is 0 Å². The van der Waals surface area contributed by atoms with Gasteiger partial charge >= 0.3 is 30.6 Å². The Kier molecular flexibility index (Phi) is 9.39. The lowest BCUT2D eigenvalue weighted by Gasteiger charge is -2.39. The van der Waals surface area contributed by atoms with Crippen LogP contribution in [0.1, 0.15) is 56.1 Å². The first-order chi connectivity index (χ1) is 19.9. The lowest BCUT2D eigenvalue weighted by molar-refractivity contribution is -0.308. The fourth-order valence-corrected chi connectivity index (χ4v) is 6.20. The molecule has 43 heavy (non-hydrogen) atoms. The highest BCUT2D eigenvalue weighted by Gasteiger charge is 2.60. The van der Waals surface area contributed by atoms with Crippen LogP contribution in [0.15, 0.2) is 18.2 Å². The third-order valence-corrected chi connectivity index (χ3v) is 8.68. The first-order valence-electron chi connectivity index (χ1n) is 13.9. The summed E-state index contributed by atoms with van der Waals surface area (Å²) in [5.74, 6) is -1.38. The standard InChI is InChI=1S/C27H32F9N3O4/c28-25(29,30)18-4-1-17(20(13-18)37-19-5-2-16(3-6-19)21(40)41)14-38-10-7-24(15-38)8-11-39(12-9-24)23(42)43-22(26(31,32)33)27(34,35)36/h1,4,13,16,19,22,37H,2-3,5-12,14-15H2,(H,40,41). The SMILES string of the molecule is O=C(O)C1CCC(Nc2cc(C(F)(F)F)ccc2CN2CCC3(CCN(C(=O)OC(C(F)(F)F)C(F)(F)F)CC3)C2)CC1. The highest BCUT2D eigenvalue weighted by atomic mass is 19.4. The van der Waals surface area contributed by atoms with Gasteiger partial charge in [0.25, 0.3) is 6.10 Å². The number of carbonyl (C=O) groups is 2. The molecule has 0 radical (unpaired) electrons. The number of ether oxygens (including phenoxy) is 1. The minimum absolute atomic E-state index is 0.0960. The lowest BCUT2D eigenvalue weighted by atomic mass is 9.78. The number of carboxylic acid groups (broad SMARTS) is 1. The van der Waals surface area contributed by atoms with E-state index in [2.05, 4.69) is 10.1 Å². The van der Waals surface area contributed by atoms with Crippen molar-refractivity contribution in [2.24, 2.45) is 11.3 Å². The van der Waals surface area contributed by atoms with E-state index in [0.717, 1.165) is 17.0 Å². The van der Waals surface area contributed by atoms with Crippen LogP contribution in [0.4, 0.5) is 50.0 Å². The van der Waals surface area contributed by atoms with Gasteiger partial charge in [-0.2, -0.15) is 39.5 Å². The quantitative estimate of drug-likeness (QED) is 0.341. The summed E-state index contributed by atoms with van der Waals surface area (Å²) in [5, 5.41) is 12.4. The molecule has 1 amide bonds. The molecular formula is C27H32F9N3O4. The predicted molar refractivity (Wildman–Crippen MR) is 134 cm³/mol. The Labute approximate surface area is 241 Å². The minimum Gasteiger partial charge on any atom is -0.481 e. The van der Waals surface area contributed by atoms with Gasteiger partial charge in [0.15, 0.2) is 0 Å². The molecule has 2 heterocycles. The van der Waals surface area contributed by atoms with Gasteiger partial charge in [-0.05, 0) is 74.6 Å². The number of rotatable bonds is 6. The van der Waals surface area contributed by atoms with Crippen LogP contribution >= 0.6 is 0 Å². The highest BCUT2D eigenvalue weighted by Crippen LogP contribution is 2.43. The Morgan fingerprint density at radius 2 is 1.51 bits per heavy atom. The second-order valence-corrected chi connectivity index (χ2v) is 11.7. The molecule has 2 aliphatic heterocycles. The van der Waals surface area contributed by atoms with E-state index in [1.807, 2.05) is 4.90 Å². The number of piperidine rings is 1. The van der Waals surface area contributed by atoms with Gasteiger partial charge in [-0.1, -0.05) is 6.07 Å². The number of carbonyl (C=O) groups excluding carboxylic acids is 1. The summed E-state index contributed by atoms with van der Waals surface area (Å²) in [6, 6.07) is 3.24. The van der Waals surface area contributed by atoms with E-state index >= 15 is 0 Å². The fourth-order valence-electron chi connectivity index (χ4n) is 6.20. The third kappa shape index (κ3) is 8.18. The maximum absolute atomic E-state index is 13.5. The molecular weight excluding hydrogens is 601 g/mol. The van der Waals surface area contributed by atoms with Gasteiger partial charge in [0.05, 0.1) is 11.5 Å². The Balaban J connectivity index is 1.37. The number of nitrogens with one attached hydrogen (secondary N) is 1. The van der Waals surface area contributed by atoms with Crippen LogP contribution in [0.3, 0.4) is 0 Å². The molecule has 0 aromatic heterocycles. The first-order valence-corrected chi connectivity index (χ1v) is 13.9. The van der Waals surface area contributed by atoms with Crippen LogP contribution in [0.25, 0.3) is 0 Å². The summed E-state index contributed by atoms with van der Waals surface area (Å²) < 4.78 is 121. The van der Waals surface area contributed by atoms with Crippen LogP contribution in [0.5, 0.6) is 0 Å². The van der Waals surface area contributed by atoms with Crippen LogP contribution in [0.2, 0.25) is 0 Å². The predicted octanol–water partition coefficient (Wildman–Crippen LogP) is 6.68. The zero-order chi connectivity index (χ0) is 31.8. The van der Waals surface area contributed by atoms with E-state index in [9.17, 15) is 54.2 Å². The van der Waals surface area contributed by atoms with Crippen LogP contribution in [0, 0.1) is 11.3 Å². The number of likely N-dealkylation sites (tertiary alicyclic amines) is 2. The minimum atomic E-state index is -5.80. The van der Waals surface area contributed by atoms with Crippen molar-refractivity contribution < 1.29 is 58.9 Å². The topological polar surface area (TPSA) is 82.1 Å². The average molecular weight is 634 g/mol. The molecule has 242 valence electrons. The molecule has 1 aromatic carbocycles. The maximum atomic E-state index is 13.5. The fraction of sp³-hybridized carbons (Fsp3) is 0.704. The molecule has 2 N–H and O–H groups in total. The second-order valence-electron chi connectivity index (χ2n) is 11.7. The van der Waals surface area contributed by atoms with Gasteiger partial charge in [0.1, 0.15) is 0 Å².